The van der Waals surface area contributed by atoms with Crippen molar-refractivity contribution in [3.63, 3.8) is 0 Å². The summed E-state index contributed by atoms with van der Waals surface area (Å²) >= 11 is 6.10. The van der Waals surface area contributed by atoms with Crippen molar-refractivity contribution in [1.82, 2.24) is 0 Å². The van der Waals surface area contributed by atoms with Crippen LogP contribution in [0.25, 0.3) is 0 Å². The van der Waals surface area contributed by atoms with Crippen LogP contribution in [-0.2, 0) is 11.3 Å². The lowest BCUT2D eigenvalue weighted by Crippen LogP contribution is -2.37. The van der Waals surface area contributed by atoms with Crippen LogP contribution in [0.2, 0.25) is 5.02 Å². The van der Waals surface area contributed by atoms with Gasteiger partial charge >= 0.3 is 0 Å². The molecule has 1 aromatic rings. The molecule has 1 aliphatic rings. The first-order valence-corrected chi connectivity index (χ1v) is 6.30. The lowest BCUT2D eigenvalue weighted by molar-refractivity contribution is 0.0854. The smallest absolute Gasteiger partial charge is 0.0716 e. The van der Waals surface area contributed by atoms with Crippen molar-refractivity contribution in [2.24, 2.45) is 0 Å². The Kier molecular flexibility index (Phi) is 4.26. The molecule has 1 N–H and O–H groups in total. The van der Waals surface area contributed by atoms with E-state index in [4.69, 9.17) is 16.3 Å². The Morgan fingerprint density at radius 2 is 2.12 bits per heavy atom. The van der Waals surface area contributed by atoms with Crippen molar-refractivity contribution in [3.05, 3.63) is 28.8 Å². The maximum atomic E-state index is 9.41. The molecular weight excluding hydrogens is 238 g/mol. The predicted octanol–water partition coefficient (Wildman–Crippen LogP) is 2.45. The fourth-order valence-corrected chi connectivity index (χ4v) is 2.53. The van der Waals surface area contributed by atoms with Gasteiger partial charge in [-0.25, -0.2) is 0 Å². The number of halogens is 1. The third kappa shape index (κ3) is 2.73. The van der Waals surface area contributed by atoms with Crippen molar-refractivity contribution < 1.29 is 9.84 Å². The highest BCUT2D eigenvalue weighted by Crippen LogP contribution is 2.29. The van der Waals surface area contributed by atoms with Crippen molar-refractivity contribution in [2.75, 3.05) is 25.2 Å². The van der Waals surface area contributed by atoms with E-state index < -0.39 is 0 Å². The van der Waals surface area contributed by atoms with Gasteiger partial charge in [0.15, 0.2) is 0 Å². The molecule has 0 spiro atoms. The number of aliphatic hydroxyl groups excluding tert-OH is 1. The van der Waals surface area contributed by atoms with E-state index in [9.17, 15) is 5.11 Å². The van der Waals surface area contributed by atoms with Crippen LogP contribution >= 0.6 is 11.6 Å². The zero-order valence-corrected chi connectivity index (χ0v) is 10.8. The average molecular weight is 256 g/mol. The van der Waals surface area contributed by atoms with Gasteiger partial charge in [-0.15, -0.1) is 0 Å². The standard InChI is InChI=1S/C13H18ClNO2/c1-15(10-5-7-17-8-6-10)13-4-2-3-12(14)11(13)9-16/h2-4,10,16H,5-9H2,1H3. The summed E-state index contributed by atoms with van der Waals surface area (Å²) in [6.45, 7) is 1.59. The molecular formula is C13H18ClNO2. The normalized spacial score (nSPS) is 17.1. The molecule has 4 heteroatoms. The first-order chi connectivity index (χ1) is 8.24. The quantitative estimate of drug-likeness (QED) is 0.901. The highest BCUT2D eigenvalue weighted by atomic mass is 35.5. The molecule has 1 fully saturated rings. The molecule has 0 atom stereocenters. The molecule has 1 heterocycles. The number of anilines is 1. The minimum atomic E-state index is -0.0252. The van der Waals surface area contributed by atoms with E-state index in [1.165, 1.54) is 0 Å². The summed E-state index contributed by atoms with van der Waals surface area (Å²) in [5, 5.41) is 10.0. The highest BCUT2D eigenvalue weighted by Gasteiger charge is 2.21. The number of rotatable bonds is 3. The molecule has 0 unspecified atom stereocenters. The number of aliphatic hydroxyl groups is 1. The van der Waals surface area contributed by atoms with Gasteiger partial charge in [-0.05, 0) is 25.0 Å². The van der Waals surface area contributed by atoms with E-state index >= 15 is 0 Å². The van der Waals surface area contributed by atoms with Crippen LogP contribution in [0.5, 0.6) is 0 Å². The van der Waals surface area contributed by atoms with Crippen molar-refractivity contribution in [3.8, 4) is 0 Å². The Balaban J connectivity index is 2.23. The molecule has 0 aromatic heterocycles. The lowest BCUT2D eigenvalue weighted by atomic mass is 10.1. The average Bonchev–Trinajstić information content (AvgIpc) is 2.38. The third-order valence-corrected chi connectivity index (χ3v) is 3.72. The van der Waals surface area contributed by atoms with Crippen LogP contribution in [0, 0.1) is 0 Å². The topological polar surface area (TPSA) is 32.7 Å². The molecule has 3 nitrogen and oxygen atoms in total. The minimum Gasteiger partial charge on any atom is -0.392 e. The van der Waals surface area contributed by atoms with E-state index in [2.05, 4.69) is 11.9 Å². The largest absolute Gasteiger partial charge is 0.392 e. The van der Waals surface area contributed by atoms with Gasteiger partial charge in [0.2, 0.25) is 0 Å². The Hall–Kier alpha value is -0.770. The van der Waals surface area contributed by atoms with Crippen molar-refractivity contribution >= 4 is 17.3 Å². The molecule has 0 saturated carbocycles. The molecule has 0 bridgehead atoms. The first-order valence-electron chi connectivity index (χ1n) is 5.93. The van der Waals surface area contributed by atoms with Crippen LogP contribution in [0.4, 0.5) is 5.69 Å². The second-order valence-corrected chi connectivity index (χ2v) is 4.76. The van der Waals surface area contributed by atoms with E-state index in [1.807, 2.05) is 18.2 Å². The fourth-order valence-electron chi connectivity index (χ4n) is 2.30. The Morgan fingerprint density at radius 3 is 2.76 bits per heavy atom. The van der Waals surface area contributed by atoms with Crippen LogP contribution in [0.1, 0.15) is 18.4 Å². The number of nitrogens with zero attached hydrogens (tertiary/aromatic N) is 1. The van der Waals surface area contributed by atoms with Gasteiger partial charge in [0, 0.05) is 42.6 Å². The number of hydrogen-bond donors (Lipinski definition) is 1. The van der Waals surface area contributed by atoms with Gasteiger partial charge in [0.05, 0.1) is 6.61 Å². The maximum absolute atomic E-state index is 9.41. The summed E-state index contributed by atoms with van der Waals surface area (Å²) < 4.78 is 5.36. The number of hydrogen-bond acceptors (Lipinski definition) is 3. The predicted molar refractivity (Wildman–Crippen MR) is 69.6 cm³/mol. The molecule has 1 aliphatic heterocycles. The summed E-state index contributed by atoms with van der Waals surface area (Å²) in [7, 11) is 2.06. The minimum absolute atomic E-state index is 0.0252. The summed E-state index contributed by atoms with van der Waals surface area (Å²) in [5.41, 5.74) is 1.83. The van der Waals surface area contributed by atoms with E-state index in [0.29, 0.717) is 11.1 Å². The molecule has 2 rings (SSSR count). The molecule has 1 saturated heterocycles. The Bertz CT molecular complexity index is 378. The summed E-state index contributed by atoms with van der Waals surface area (Å²) in [6, 6.07) is 6.21. The van der Waals surface area contributed by atoms with Crippen LogP contribution in [0.15, 0.2) is 18.2 Å². The molecule has 17 heavy (non-hydrogen) atoms. The maximum Gasteiger partial charge on any atom is 0.0716 e. The zero-order chi connectivity index (χ0) is 12.3. The molecule has 94 valence electrons. The van der Waals surface area contributed by atoms with E-state index in [0.717, 1.165) is 37.3 Å². The van der Waals surface area contributed by atoms with Crippen molar-refractivity contribution in [1.29, 1.82) is 0 Å². The van der Waals surface area contributed by atoms with Crippen LogP contribution < -0.4 is 4.90 Å². The Labute approximate surface area is 107 Å². The zero-order valence-electron chi connectivity index (χ0n) is 10.0. The molecule has 0 aliphatic carbocycles. The number of benzene rings is 1. The lowest BCUT2D eigenvalue weighted by Gasteiger charge is -2.34. The van der Waals surface area contributed by atoms with Gasteiger partial charge in [0.25, 0.3) is 0 Å². The van der Waals surface area contributed by atoms with E-state index in [1.54, 1.807) is 0 Å². The highest BCUT2D eigenvalue weighted by molar-refractivity contribution is 6.31. The van der Waals surface area contributed by atoms with Gasteiger partial charge < -0.3 is 14.7 Å². The summed E-state index contributed by atoms with van der Waals surface area (Å²) in [6.07, 6.45) is 2.04. The van der Waals surface area contributed by atoms with Gasteiger partial charge in [-0.3, -0.25) is 0 Å². The van der Waals surface area contributed by atoms with Crippen LogP contribution in [0.3, 0.4) is 0 Å². The van der Waals surface area contributed by atoms with Gasteiger partial charge in [-0.1, -0.05) is 17.7 Å². The summed E-state index contributed by atoms with van der Waals surface area (Å²) in [5.74, 6) is 0. The fraction of sp³-hybridized carbons (Fsp3) is 0.538. The van der Waals surface area contributed by atoms with Gasteiger partial charge in [0.1, 0.15) is 0 Å². The molecule has 0 amide bonds. The SMILES string of the molecule is CN(c1cccc(Cl)c1CO)C1CCOCC1. The third-order valence-electron chi connectivity index (χ3n) is 3.37. The molecule has 0 radical (unpaired) electrons. The molecule has 1 aromatic carbocycles. The number of ether oxygens (including phenoxy) is 1. The van der Waals surface area contributed by atoms with Crippen LogP contribution in [-0.4, -0.2) is 31.4 Å². The van der Waals surface area contributed by atoms with Crippen molar-refractivity contribution in [2.45, 2.75) is 25.5 Å². The second-order valence-electron chi connectivity index (χ2n) is 4.35. The second kappa shape index (κ2) is 5.71. The first kappa shape index (κ1) is 12.7. The van der Waals surface area contributed by atoms with Gasteiger partial charge in [-0.2, -0.15) is 0 Å². The van der Waals surface area contributed by atoms with E-state index in [-0.39, 0.29) is 6.61 Å². The monoisotopic (exact) mass is 255 g/mol. The summed E-state index contributed by atoms with van der Waals surface area (Å²) in [4.78, 5) is 2.21. The Morgan fingerprint density at radius 1 is 1.41 bits per heavy atom.